The first kappa shape index (κ1) is 12.3. The number of carbonyl (C=O) groups is 1. The molecular weight excluding hydrogens is 256 g/mol. The van der Waals surface area contributed by atoms with E-state index in [9.17, 15) is 4.79 Å². The number of thioether (sulfide) groups is 1. The molecule has 0 N–H and O–H groups in total. The average molecular weight is 270 g/mol. The van der Waals surface area contributed by atoms with E-state index in [1.807, 2.05) is 42.5 Å². The lowest BCUT2D eigenvalue weighted by Gasteiger charge is -2.10. The van der Waals surface area contributed by atoms with Crippen LogP contribution in [0.1, 0.15) is 15.9 Å². The molecule has 0 saturated heterocycles. The second-order valence-corrected chi connectivity index (χ2v) is 5.65. The largest absolute Gasteiger partial charge is 0.489 e. The first-order valence-electron chi connectivity index (χ1n) is 6.28. The summed E-state index contributed by atoms with van der Waals surface area (Å²) in [6, 6.07) is 15.9. The number of hydrogen-bond donors (Lipinski definition) is 0. The first-order valence-corrected chi connectivity index (χ1v) is 7.26. The summed E-state index contributed by atoms with van der Waals surface area (Å²) in [5.41, 5.74) is 2.01. The van der Waals surface area contributed by atoms with E-state index in [1.165, 1.54) is 5.56 Å². The van der Waals surface area contributed by atoms with Gasteiger partial charge >= 0.3 is 0 Å². The Morgan fingerprint density at radius 1 is 1.21 bits per heavy atom. The Balaban J connectivity index is 1.61. The van der Waals surface area contributed by atoms with Crippen molar-refractivity contribution in [1.29, 1.82) is 0 Å². The van der Waals surface area contributed by atoms with E-state index in [0.717, 1.165) is 34.7 Å². The van der Waals surface area contributed by atoms with Crippen molar-refractivity contribution < 1.29 is 9.53 Å². The molecule has 2 aromatic rings. The van der Waals surface area contributed by atoms with Gasteiger partial charge in [-0.3, -0.25) is 4.79 Å². The van der Waals surface area contributed by atoms with Crippen molar-refractivity contribution in [2.24, 2.45) is 0 Å². The van der Waals surface area contributed by atoms with Crippen LogP contribution in [-0.2, 0) is 6.42 Å². The van der Waals surface area contributed by atoms with Crippen molar-refractivity contribution in [3.05, 3.63) is 59.7 Å². The minimum absolute atomic E-state index is 0.224. The van der Waals surface area contributed by atoms with Gasteiger partial charge in [0.2, 0.25) is 0 Å². The summed E-state index contributed by atoms with van der Waals surface area (Å²) in [6.45, 7) is 0. The monoisotopic (exact) mass is 270 g/mol. The van der Waals surface area contributed by atoms with Crippen molar-refractivity contribution >= 4 is 18.0 Å². The van der Waals surface area contributed by atoms with E-state index in [4.69, 9.17) is 4.74 Å². The van der Waals surface area contributed by atoms with Crippen molar-refractivity contribution in [2.75, 3.05) is 5.75 Å². The highest BCUT2D eigenvalue weighted by Gasteiger charge is 2.22. The van der Waals surface area contributed by atoms with Crippen LogP contribution in [-0.4, -0.2) is 18.1 Å². The van der Waals surface area contributed by atoms with Crippen molar-refractivity contribution in [3.63, 3.8) is 0 Å². The molecule has 19 heavy (non-hydrogen) atoms. The minimum atomic E-state index is 0.224. The Bertz CT molecular complexity index is 570. The predicted molar refractivity (Wildman–Crippen MR) is 77.1 cm³/mol. The number of carbonyl (C=O) groups excluding carboxylic acids is 1. The van der Waals surface area contributed by atoms with E-state index in [-0.39, 0.29) is 6.10 Å². The van der Waals surface area contributed by atoms with Crippen LogP contribution in [0.5, 0.6) is 5.75 Å². The first-order chi connectivity index (χ1) is 9.35. The van der Waals surface area contributed by atoms with Gasteiger partial charge in [0, 0.05) is 22.6 Å². The van der Waals surface area contributed by atoms with Gasteiger partial charge in [0.05, 0.1) is 0 Å². The lowest BCUT2D eigenvalue weighted by molar-refractivity contribution is 0.112. The van der Waals surface area contributed by atoms with Gasteiger partial charge in [0.15, 0.2) is 0 Å². The average Bonchev–Trinajstić information content (AvgIpc) is 2.88. The van der Waals surface area contributed by atoms with Crippen LogP contribution in [0.4, 0.5) is 0 Å². The van der Waals surface area contributed by atoms with Gasteiger partial charge in [0.25, 0.3) is 0 Å². The number of benzene rings is 2. The third kappa shape index (κ3) is 2.82. The number of ether oxygens (including phenoxy) is 1. The van der Waals surface area contributed by atoms with Crippen LogP contribution in [0.15, 0.2) is 53.4 Å². The smallest absolute Gasteiger partial charge is 0.150 e. The van der Waals surface area contributed by atoms with Crippen molar-refractivity contribution in [3.8, 4) is 5.75 Å². The molecule has 2 aromatic carbocycles. The van der Waals surface area contributed by atoms with Crippen molar-refractivity contribution in [2.45, 2.75) is 17.4 Å². The lowest BCUT2D eigenvalue weighted by atomic mass is 10.1. The maximum atomic E-state index is 10.7. The number of fused-ring (bicyclic) bond motifs is 1. The fourth-order valence-electron chi connectivity index (χ4n) is 2.21. The molecule has 0 bridgehead atoms. The maximum Gasteiger partial charge on any atom is 0.150 e. The molecule has 1 aliphatic rings. The predicted octanol–water partition coefficient (Wildman–Crippen LogP) is 3.59. The summed E-state index contributed by atoms with van der Waals surface area (Å²) in [5, 5.41) is 0. The number of aldehydes is 1. The van der Waals surface area contributed by atoms with E-state index in [2.05, 4.69) is 6.07 Å². The molecule has 0 fully saturated rings. The van der Waals surface area contributed by atoms with Crippen LogP contribution in [0, 0.1) is 0 Å². The fraction of sp³-hybridized carbons (Fsp3) is 0.188. The SMILES string of the molecule is O=Cc1cccc(SCC2Cc3ccccc3O2)c1. The van der Waals surface area contributed by atoms with Crippen LogP contribution in [0.2, 0.25) is 0 Å². The second-order valence-electron chi connectivity index (χ2n) is 4.55. The molecule has 0 aromatic heterocycles. The van der Waals surface area contributed by atoms with Gasteiger partial charge in [-0.05, 0) is 23.8 Å². The summed E-state index contributed by atoms with van der Waals surface area (Å²) in [7, 11) is 0. The Kier molecular flexibility index (Phi) is 3.56. The molecule has 0 radical (unpaired) electrons. The van der Waals surface area contributed by atoms with Gasteiger partial charge in [0.1, 0.15) is 18.1 Å². The quantitative estimate of drug-likeness (QED) is 0.627. The van der Waals surface area contributed by atoms with Gasteiger partial charge in [-0.25, -0.2) is 0 Å². The van der Waals surface area contributed by atoms with Crippen LogP contribution in [0.25, 0.3) is 0 Å². The summed E-state index contributed by atoms with van der Waals surface area (Å²) in [4.78, 5) is 11.8. The highest BCUT2D eigenvalue weighted by atomic mass is 32.2. The molecule has 3 rings (SSSR count). The second kappa shape index (κ2) is 5.49. The Morgan fingerprint density at radius 2 is 2.11 bits per heavy atom. The molecule has 96 valence electrons. The summed E-state index contributed by atoms with van der Waals surface area (Å²) >= 11 is 1.73. The van der Waals surface area contributed by atoms with Crippen LogP contribution in [0.3, 0.4) is 0 Å². The van der Waals surface area contributed by atoms with Crippen LogP contribution < -0.4 is 4.74 Å². The van der Waals surface area contributed by atoms with E-state index in [0.29, 0.717) is 0 Å². The lowest BCUT2D eigenvalue weighted by Crippen LogP contribution is -2.15. The Morgan fingerprint density at radius 3 is 2.95 bits per heavy atom. The normalized spacial score (nSPS) is 16.7. The van der Waals surface area contributed by atoms with Gasteiger partial charge < -0.3 is 4.74 Å². The zero-order chi connectivity index (χ0) is 13.1. The molecule has 3 heteroatoms. The molecule has 1 heterocycles. The molecule has 2 nitrogen and oxygen atoms in total. The minimum Gasteiger partial charge on any atom is -0.489 e. The molecule has 0 spiro atoms. The molecule has 1 unspecified atom stereocenters. The molecule has 1 atom stereocenters. The van der Waals surface area contributed by atoms with Crippen molar-refractivity contribution in [1.82, 2.24) is 0 Å². The Labute approximate surface area is 116 Å². The van der Waals surface area contributed by atoms with Gasteiger partial charge in [-0.15, -0.1) is 11.8 Å². The standard InChI is InChI=1S/C16H14O2S/c17-10-12-4-3-6-15(8-12)19-11-14-9-13-5-1-2-7-16(13)18-14/h1-8,10,14H,9,11H2. The summed E-state index contributed by atoms with van der Waals surface area (Å²) in [6.07, 6.45) is 2.07. The highest BCUT2D eigenvalue weighted by molar-refractivity contribution is 7.99. The number of rotatable bonds is 4. The van der Waals surface area contributed by atoms with E-state index in [1.54, 1.807) is 11.8 Å². The van der Waals surface area contributed by atoms with E-state index < -0.39 is 0 Å². The zero-order valence-electron chi connectivity index (χ0n) is 10.4. The molecule has 1 aliphatic heterocycles. The molecular formula is C16H14O2S. The maximum absolute atomic E-state index is 10.7. The third-order valence-electron chi connectivity index (χ3n) is 3.14. The van der Waals surface area contributed by atoms with Gasteiger partial charge in [-0.2, -0.15) is 0 Å². The number of para-hydroxylation sites is 1. The fourth-order valence-corrected chi connectivity index (χ4v) is 3.17. The molecule has 0 saturated carbocycles. The number of hydrogen-bond acceptors (Lipinski definition) is 3. The van der Waals surface area contributed by atoms with E-state index >= 15 is 0 Å². The van der Waals surface area contributed by atoms with Gasteiger partial charge in [-0.1, -0.05) is 30.3 Å². The zero-order valence-corrected chi connectivity index (χ0v) is 11.2. The molecule has 0 amide bonds. The molecule has 0 aliphatic carbocycles. The summed E-state index contributed by atoms with van der Waals surface area (Å²) < 4.78 is 5.89. The summed E-state index contributed by atoms with van der Waals surface area (Å²) in [5.74, 6) is 1.91. The Hall–Kier alpha value is -1.74. The highest BCUT2D eigenvalue weighted by Crippen LogP contribution is 2.31. The topological polar surface area (TPSA) is 26.3 Å². The third-order valence-corrected chi connectivity index (χ3v) is 4.27. The van der Waals surface area contributed by atoms with Crippen LogP contribution >= 0.6 is 11.8 Å².